The van der Waals surface area contributed by atoms with Gasteiger partial charge in [0.2, 0.25) is 5.91 Å². The topological polar surface area (TPSA) is 87.3 Å². The van der Waals surface area contributed by atoms with Crippen LogP contribution < -0.4 is 16.0 Å². The minimum absolute atomic E-state index is 0.116. The SMILES string of the molecule is Cc1ccc(/C=C(\NC(=O)c2ccccc2)C(=O)Nc2ccc(SC(C)C(=O)Nc3ccccc3Br)cc2)cc1. The fourth-order valence-electron chi connectivity index (χ4n) is 3.64. The number of para-hydroxylation sites is 1. The Hall–Kier alpha value is -4.14. The van der Waals surface area contributed by atoms with Gasteiger partial charge in [-0.1, -0.05) is 60.2 Å². The molecule has 4 rings (SSSR count). The Morgan fingerprint density at radius 1 is 0.800 bits per heavy atom. The van der Waals surface area contributed by atoms with E-state index in [2.05, 4.69) is 31.9 Å². The van der Waals surface area contributed by atoms with Crippen LogP contribution in [0, 0.1) is 6.92 Å². The maximum atomic E-state index is 13.2. The number of carbonyl (C=O) groups excluding carboxylic acids is 3. The van der Waals surface area contributed by atoms with Crippen molar-refractivity contribution in [3.63, 3.8) is 0 Å². The zero-order valence-electron chi connectivity index (χ0n) is 22.0. The summed E-state index contributed by atoms with van der Waals surface area (Å²) in [5, 5.41) is 8.19. The Labute approximate surface area is 246 Å². The molecular formula is C32H28BrN3O3S. The number of rotatable bonds is 9. The van der Waals surface area contributed by atoms with Gasteiger partial charge in [0.05, 0.1) is 10.9 Å². The van der Waals surface area contributed by atoms with Crippen LogP contribution in [0.15, 0.2) is 118 Å². The van der Waals surface area contributed by atoms with Gasteiger partial charge in [0.25, 0.3) is 11.8 Å². The number of thioether (sulfide) groups is 1. The summed E-state index contributed by atoms with van der Waals surface area (Å²) in [6.45, 7) is 3.82. The number of nitrogens with one attached hydrogen (secondary N) is 3. The van der Waals surface area contributed by atoms with Crippen LogP contribution in [-0.4, -0.2) is 23.0 Å². The molecule has 0 fully saturated rings. The highest BCUT2D eigenvalue weighted by Gasteiger charge is 2.17. The van der Waals surface area contributed by atoms with Crippen LogP contribution in [0.4, 0.5) is 11.4 Å². The standard InChI is InChI=1S/C32H28BrN3O3S/c1-21-12-14-23(15-13-21)20-29(36-31(38)24-8-4-3-5-9-24)32(39)34-25-16-18-26(19-17-25)40-22(2)30(37)35-28-11-7-6-10-27(28)33/h3-20,22H,1-2H3,(H,34,39)(H,35,37)(H,36,38)/b29-20-. The number of hydrogen-bond donors (Lipinski definition) is 3. The van der Waals surface area contributed by atoms with Gasteiger partial charge in [-0.05, 0) is 89.9 Å². The first-order valence-electron chi connectivity index (χ1n) is 12.6. The Balaban J connectivity index is 1.43. The van der Waals surface area contributed by atoms with Gasteiger partial charge in [0, 0.05) is 20.6 Å². The number of amides is 3. The number of carbonyl (C=O) groups is 3. The minimum atomic E-state index is -0.452. The Kier molecular flexibility index (Phi) is 9.94. The normalized spacial score (nSPS) is 11.8. The Morgan fingerprint density at radius 3 is 2.12 bits per heavy atom. The summed E-state index contributed by atoms with van der Waals surface area (Å²) in [5.74, 6) is -0.948. The van der Waals surface area contributed by atoms with Crippen molar-refractivity contribution < 1.29 is 14.4 Å². The summed E-state index contributed by atoms with van der Waals surface area (Å²) in [5.41, 5.74) is 3.72. The van der Waals surface area contributed by atoms with Gasteiger partial charge in [-0.25, -0.2) is 0 Å². The monoisotopic (exact) mass is 613 g/mol. The highest BCUT2D eigenvalue weighted by Crippen LogP contribution is 2.27. The van der Waals surface area contributed by atoms with Crippen molar-refractivity contribution in [1.82, 2.24) is 5.32 Å². The summed E-state index contributed by atoms with van der Waals surface area (Å²) in [6.07, 6.45) is 1.64. The average molecular weight is 615 g/mol. The van der Waals surface area contributed by atoms with Crippen molar-refractivity contribution in [2.75, 3.05) is 10.6 Å². The third-order valence-corrected chi connectivity index (χ3v) is 7.65. The first kappa shape index (κ1) is 28.9. The number of aryl methyl sites for hydroxylation is 1. The zero-order chi connectivity index (χ0) is 28.5. The number of halogens is 1. The van der Waals surface area contributed by atoms with E-state index < -0.39 is 5.91 Å². The maximum absolute atomic E-state index is 13.2. The Morgan fingerprint density at radius 2 is 1.45 bits per heavy atom. The molecular weight excluding hydrogens is 586 g/mol. The van der Waals surface area contributed by atoms with E-state index >= 15 is 0 Å². The van der Waals surface area contributed by atoms with Crippen molar-refractivity contribution in [3.8, 4) is 0 Å². The molecule has 0 heterocycles. The number of benzene rings is 4. The predicted octanol–water partition coefficient (Wildman–Crippen LogP) is 7.29. The van der Waals surface area contributed by atoms with E-state index in [1.54, 1.807) is 42.5 Å². The smallest absolute Gasteiger partial charge is 0.272 e. The third-order valence-electron chi connectivity index (χ3n) is 5.84. The molecule has 0 aliphatic rings. The van der Waals surface area contributed by atoms with Gasteiger partial charge >= 0.3 is 0 Å². The van der Waals surface area contributed by atoms with E-state index in [4.69, 9.17) is 0 Å². The van der Waals surface area contributed by atoms with Crippen LogP contribution in [0.2, 0.25) is 0 Å². The summed E-state index contributed by atoms with van der Waals surface area (Å²) in [4.78, 5) is 39.6. The van der Waals surface area contributed by atoms with Gasteiger partial charge in [0.1, 0.15) is 5.70 Å². The van der Waals surface area contributed by atoms with E-state index in [0.717, 1.165) is 20.5 Å². The van der Waals surface area contributed by atoms with Crippen molar-refractivity contribution >= 4 is 62.9 Å². The quantitative estimate of drug-likeness (QED) is 0.137. The van der Waals surface area contributed by atoms with Crippen molar-refractivity contribution in [2.45, 2.75) is 24.0 Å². The summed E-state index contributed by atoms with van der Waals surface area (Å²) >= 11 is 4.85. The van der Waals surface area contributed by atoms with Crippen LogP contribution in [0.3, 0.4) is 0 Å². The predicted molar refractivity (Wildman–Crippen MR) is 166 cm³/mol. The molecule has 0 spiro atoms. The van der Waals surface area contributed by atoms with E-state index in [1.807, 2.05) is 80.6 Å². The zero-order valence-corrected chi connectivity index (χ0v) is 24.4. The average Bonchev–Trinajstić information content (AvgIpc) is 2.96. The van der Waals surface area contributed by atoms with Crippen molar-refractivity contribution in [2.24, 2.45) is 0 Å². The second-order valence-electron chi connectivity index (χ2n) is 9.00. The number of hydrogen-bond acceptors (Lipinski definition) is 4. The van der Waals surface area contributed by atoms with Gasteiger partial charge in [-0.2, -0.15) is 0 Å². The first-order chi connectivity index (χ1) is 19.3. The van der Waals surface area contributed by atoms with Crippen LogP contribution in [0.5, 0.6) is 0 Å². The molecule has 0 aliphatic heterocycles. The van der Waals surface area contributed by atoms with E-state index in [1.165, 1.54) is 11.8 Å². The molecule has 0 aromatic heterocycles. The molecule has 0 saturated carbocycles. The Bertz CT molecular complexity index is 1520. The summed E-state index contributed by atoms with van der Waals surface area (Å²) in [6, 6.07) is 31.1. The molecule has 8 heteroatoms. The highest BCUT2D eigenvalue weighted by atomic mass is 79.9. The van der Waals surface area contributed by atoms with Crippen LogP contribution in [0.25, 0.3) is 6.08 Å². The molecule has 1 atom stereocenters. The molecule has 0 aliphatic carbocycles. The first-order valence-corrected chi connectivity index (χ1v) is 14.2. The van der Waals surface area contributed by atoms with Gasteiger partial charge in [0.15, 0.2) is 0 Å². The van der Waals surface area contributed by atoms with Crippen molar-refractivity contribution in [3.05, 3.63) is 130 Å². The van der Waals surface area contributed by atoms with Gasteiger partial charge < -0.3 is 16.0 Å². The molecule has 3 amide bonds. The number of anilines is 2. The second kappa shape index (κ2) is 13.8. The van der Waals surface area contributed by atoms with Gasteiger partial charge in [-0.3, -0.25) is 14.4 Å². The van der Waals surface area contributed by atoms with Crippen molar-refractivity contribution in [1.29, 1.82) is 0 Å². The molecule has 0 radical (unpaired) electrons. The molecule has 0 saturated heterocycles. The van der Waals surface area contributed by atoms with E-state index in [9.17, 15) is 14.4 Å². The maximum Gasteiger partial charge on any atom is 0.272 e. The molecule has 0 bridgehead atoms. The summed E-state index contributed by atoms with van der Waals surface area (Å²) < 4.78 is 0.816. The summed E-state index contributed by atoms with van der Waals surface area (Å²) in [7, 11) is 0. The lowest BCUT2D eigenvalue weighted by atomic mass is 10.1. The van der Waals surface area contributed by atoms with E-state index in [0.29, 0.717) is 16.9 Å². The molecule has 6 nitrogen and oxygen atoms in total. The molecule has 3 N–H and O–H groups in total. The second-order valence-corrected chi connectivity index (χ2v) is 11.3. The highest BCUT2D eigenvalue weighted by molar-refractivity contribution is 9.10. The molecule has 4 aromatic rings. The molecule has 1 unspecified atom stereocenters. The fourth-order valence-corrected chi connectivity index (χ4v) is 4.89. The van der Waals surface area contributed by atoms with Crippen LogP contribution in [0.1, 0.15) is 28.4 Å². The lowest BCUT2D eigenvalue weighted by Crippen LogP contribution is -2.30. The largest absolute Gasteiger partial charge is 0.324 e. The molecule has 4 aromatic carbocycles. The lowest BCUT2D eigenvalue weighted by molar-refractivity contribution is -0.115. The van der Waals surface area contributed by atoms with E-state index in [-0.39, 0.29) is 22.8 Å². The van der Waals surface area contributed by atoms with Crippen LogP contribution in [-0.2, 0) is 9.59 Å². The van der Waals surface area contributed by atoms with Crippen LogP contribution >= 0.6 is 27.7 Å². The fraction of sp³-hybridized carbons (Fsp3) is 0.0938. The lowest BCUT2D eigenvalue weighted by Gasteiger charge is -2.14. The third kappa shape index (κ3) is 8.18. The molecule has 202 valence electrons. The van der Waals surface area contributed by atoms with Gasteiger partial charge in [-0.15, -0.1) is 11.8 Å². The minimum Gasteiger partial charge on any atom is -0.324 e. The molecule has 40 heavy (non-hydrogen) atoms.